The van der Waals surface area contributed by atoms with Gasteiger partial charge in [-0.15, -0.1) is 0 Å². The van der Waals surface area contributed by atoms with Gasteiger partial charge in [0.2, 0.25) is 0 Å². The van der Waals surface area contributed by atoms with E-state index in [4.69, 9.17) is 4.74 Å². The van der Waals surface area contributed by atoms with E-state index in [-0.39, 0.29) is 23.2 Å². The molecule has 35 heavy (non-hydrogen) atoms. The Morgan fingerprint density at radius 1 is 1.03 bits per heavy atom. The van der Waals surface area contributed by atoms with Gasteiger partial charge in [-0.05, 0) is 63.4 Å². The second-order valence-corrected chi connectivity index (χ2v) is 9.59. The van der Waals surface area contributed by atoms with Crippen molar-refractivity contribution in [2.45, 2.75) is 57.5 Å². The van der Waals surface area contributed by atoms with Crippen molar-refractivity contribution in [1.82, 2.24) is 9.80 Å². The predicted octanol–water partition coefficient (Wildman–Crippen LogP) is 5.58. The molecular formula is C25H24F4N2O4. The molecule has 0 bridgehead atoms. The summed E-state index contributed by atoms with van der Waals surface area (Å²) in [4.78, 5) is 41.8. The topological polar surface area (TPSA) is 66.9 Å². The van der Waals surface area contributed by atoms with Crippen LogP contribution in [0, 0.1) is 5.82 Å². The first kappa shape index (κ1) is 24.7. The maximum atomic E-state index is 14.6. The number of rotatable bonds is 3. The van der Waals surface area contributed by atoms with Crippen molar-refractivity contribution >= 4 is 17.9 Å². The molecule has 0 aromatic heterocycles. The van der Waals surface area contributed by atoms with Crippen molar-refractivity contribution in [3.8, 4) is 0 Å². The fourth-order valence-electron chi connectivity index (χ4n) is 4.62. The minimum atomic E-state index is -4.91. The first-order chi connectivity index (χ1) is 16.3. The summed E-state index contributed by atoms with van der Waals surface area (Å²) in [6.07, 6.45) is -4.76. The molecule has 0 aliphatic carbocycles. The van der Waals surface area contributed by atoms with E-state index in [0.717, 1.165) is 11.0 Å². The molecule has 2 aliphatic rings. The van der Waals surface area contributed by atoms with E-state index in [1.54, 1.807) is 32.9 Å². The third kappa shape index (κ3) is 4.61. The average Bonchev–Trinajstić information content (AvgIpc) is 3.32. The SMILES string of the molecule is CC(C)(C)OC(=O)N1CCC[C@@H]1[C@H](c1ccc(C(F)(F)F)c(F)c1)N1C(=O)c2ccccc2C1=O. The number of carbonyl (C=O) groups excluding carboxylic acids is 3. The number of imide groups is 1. The zero-order valence-corrected chi connectivity index (χ0v) is 19.4. The third-order valence-electron chi connectivity index (χ3n) is 6.04. The van der Waals surface area contributed by atoms with Gasteiger partial charge in [-0.1, -0.05) is 18.2 Å². The van der Waals surface area contributed by atoms with Crippen molar-refractivity contribution in [1.29, 1.82) is 0 Å². The van der Waals surface area contributed by atoms with Crippen LogP contribution in [0.1, 0.15) is 71.5 Å². The molecule has 2 aromatic rings. The Bertz CT molecular complexity index is 1150. The van der Waals surface area contributed by atoms with Gasteiger partial charge >= 0.3 is 12.3 Å². The largest absolute Gasteiger partial charge is 0.444 e. The van der Waals surface area contributed by atoms with Gasteiger partial charge in [-0.3, -0.25) is 14.5 Å². The number of ether oxygens (including phenoxy) is 1. The van der Waals surface area contributed by atoms with E-state index < -0.39 is 53.1 Å². The number of halogens is 4. The molecule has 0 spiro atoms. The molecule has 1 fully saturated rings. The maximum Gasteiger partial charge on any atom is 0.419 e. The van der Waals surface area contributed by atoms with E-state index in [9.17, 15) is 31.9 Å². The van der Waals surface area contributed by atoms with Crippen LogP contribution in [0.4, 0.5) is 22.4 Å². The molecule has 3 amide bonds. The van der Waals surface area contributed by atoms with Crippen LogP contribution in [0.25, 0.3) is 0 Å². The van der Waals surface area contributed by atoms with E-state index in [1.165, 1.54) is 17.0 Å². The molecule has 10 heteroatoms. The van der Waals surface area contributed by atoms with Crippen LogP contribution in [0.15, 0.2) is 42.5 Å². The van der Waals surface area contributed by atoms with Crippen molar-refractivity contribution in [2.75, 3.05) is 6.54 Å². The maximum absolute atomic E-state index is 14.6. The van der Waals surface area contributed by atoms with Crippen molar-refractivity contribution in [3.63, 3.8) is 0 Å². The number of hydrogen-bond donors (Lipinski definition) is 0. The highest BCUT2D eigenvalue weighted by molar-refractivity contribution is 6.21. The summed E-state index contributed by atoms with van der Waals surface area (Å²) < 4.78 is 59.6. The lowest BCUT2D eigenvalue weighted by Crippen LogP contribution is -2.48. The molecule has 1 saturated heterocycles. The summed E-state index contributed by atoms with van der Waals surface area (Å²) in [5.74, 6) is -2.85. The number of benzene rings is 2. The van der Waals surface area contributed by atoms with Crippen LogP contribution in [0.3, 0.4) is 0 Å². The summed E-state index contributed by atoms with van der Waals surface area (Å²) in [6.45, 7) is 5.30. The molecular weight excluding hydrogens is 468 g/mol. The van der Waals surface area contributed by atoms with Gasteiger partial charge in [0.05, 0.1) is 28.8 Å². The monoisotopic (exact) mass is 492 g/mol. The Morgan fingerprint density at radius 2 is 1.63 bits per heavy atom. The molecule has 2 atom stereocenters. The zero-order chi connectivity index (χ0) is 25.7. The Labute approximate surface area is 199 Å². The van der Waals surface area contributed by atoms with Crippen molar-refractivity contribution in [2.24, 2.45) is 0 Å². The lowest BCUT2D eigenvalue weighted by Gasteiger charge is -2.37. The third-order valence-corrected chi connectivity index (χ3v) is 6.04. The second kappa shape index (κ2) is 8.66. The van der Waals surface area contributed by atoms with E-state index in [0.29, 0.717) is 25.0 Å². The Balaban J connectivity index is 1.81. The molecule has 4 rings (SSSR count). The number of nitrogens with zero attached hydrogens (tertiary/aromatic N) is 2. The molecule has 6 nitrogen and oxygen atoms in total. The van der Waals surface area contributed by atoms with Gasteiger partial charge in [0.25, 0.3) is 11.8 Å². The smallest absolute Gasteiger partial charge is 0.419 e. The fourth-order valence-corrected chi connectivity index (χ4v) is 4.62. The molecule has 2 heterocycles. The van der Waals surface area contributed by atoms with E-state index >= 15 is 0 Å². The standard InChI is InChI=1S/C25H24F4N2O4/c1-24(2,3)35-23(34)30-12-6-9-19(30)20(14-10-11-17(18(26)13-14)25(27,28)29)31-21(32)15-7-4-5-8-16(15)22(31)33/h4-5,7-8,10-11,13,19-20H,6,9,12H2,1-3H3/t19-,20+/m1/s1. The summed E-state index contributed by atoms with van der Waals surface area (Å²) in [5.41, 5.74) is -2.04. The fraction of sp³-hybridized carbons (Fsp3) is 0.400. The van der Waals surface area contributed by atoms with Crippen LogP contribution in [-0.2, 0) is 10.9 Å². The van der Waals surface area contributed by atoms with Crippen LogP contribution in [-0.4, -0.2) is 45.9 Å². The molecule has 0 radical (unpaired) electrons. The van der Waals surface area contributed by atoms with Gasteiger partial charge in [-0.2, -0.15) is 13.2 Å². The van der Waals surface area contributed by atoms with Crippen molar-refractivity contribution in [3.05, 3.63) is 70.5 Å². The number of alkyl halides is 3. The number of likely N-dealkylation sites (tertiary alicyclic amines) is 1. The Kier molecular flexibility index (Phi) is 6.11. The van der Waals surface area contributed by atoms with Crippen LogP contribution in [0.5, 0.6) is 0 Å². The van der Waals surface area contributed by atoms with Crippen molar-refractivity contribution < 1.29 is 36.7 Å². The van der Waals surface area contributed by atoms with Gasteiger partial charge in [0.15, 0.2) is 0 Å². The lowest BCUT2D eigenvalue weighted by molar-refractivity contribution is -0.140. The first-order valence-corrected chi connectivity index (χ1v) is 11.1. The minimum absolute atomic E-state index is 0.0227. The minimum Gasteiger partial charge on any atom is -0.444 e. The highest BCUT2D eigenvalue weighted by Crippen LogP contribution is 2.41. The quantitative estimate of drug-likeness (QED) is 0.414. The summed E-state index contributed by atoms with van der Waals surface area (Å²) in [5, 5.41) is 0. The normalized spacial score (nSPS) is 19.2. The molecule has 0 N–H and O–H groups in total. The van der Waals surface area contributed by atoms with Gasteiger partial charge in [0, 0.05) is 6.54 Å². The Morgan fingerprint density at radius 3 is 2.14 bits per heavy atom. The number of carbonyl (C=O) groups is 3. The first-order valence-electron chi connectivity index (χ1n) is 11.1. The Hall–Kier alpha value is -3.43. The summed E-state index contributed by atoms with van der Waals surface area (Å²) in [7, 11) is 0. The molecule has 0 unspecified atom stereocenters. The highest BCUT2D eigenvalue weighted by Gasteiger charge is 2.48. The highest BCUT2D eigenvalue weighted by atomic mass is 19.4. The van der Waals surface area contributed by atoms with Crippen LogP contribution < -0.4 is 0 Å². The molecule has 2 aliphatic heterocycles. The van der Waals surface area contributed by atoms with E-state index in [1.807, 2.05) is 0 Å². The second-order valence-electron chi connectivity index (χ2n) is 9.59. The van der Waals surface area contributed by atoms with Crippen LogP contribution in [0.2, 0.25) is 0 Å². The average molecular weight is 492 g/mol. The number of amides is 3. The van der Waals surface area contributed by atoms with E-state index in [2.05, 4.69) is 0 Å². The van der Waals surface area contributed by atoms with Gasteiger partial charge in [-0.25, -0.2) is 9.18 Å². The predicted molar refractivity (Wildman–Crippen MR) is 117 cm³/mol. The molecule has 186 valence electrons. The lowest BCUT2D eigenvalue weighted by atomic mass is 9.94. The zero-order valence-electron chi connectivity index (χ0n) is 19.4. The summed E-state index contributed by atoms with van der Waals surface area (Å²) >= 11 is 0. The molecule has 2 aromatic carbocycles. The summed E-state index contributed by atoms with van der Waals surface area (Å²) in [6, 6.07) is 6.40. The van der Waals surface area contributed by atoms with Crippen LogP contribution >= 0.6 is 0 Å². The van der Waals surface area contributed by atoms with Gasteiger partial charge in [0.1, 0.15) is 11.4 Å². The van der Waals surface area contributed by atoms with Gasteiger partial charge < -0.3 is 9.64 Å². The molecule has 0 saturated carbocycles. The number of hydrogen-bond acceptors (Lipinski definition) is 4. The number of fused-ring (bicyclic) bond motifs is 1.